The molecule has 0 saturated carbocycles. The van der Waals surface area contributed by atoms with E-state index in [0.29, 0.717) is 6.04 Å². The Bertz CT molecular complexity index is 358. The summed E-state index contributed by atoms with van der Waals surface area (Å²) in [6, 6.07) is 9.58. The van der Waals surface area contributed by atoms with Gasteiger partial charge >= 0.3 is 0 Å². The number of nitrogens with two attached hydrogens (primary N) is 1. The van der Waals surface area contributed by atoms with Gasteiger partial charge in [0.15, 0.2) is 0 Å². The van der Waals surface area contributed by atoms with Crippen molar-refractivity contribution in [3.8, 4) is 0 Å². The molecule has 106 valence electrons. The Morgan fingerprint density at radius 2 is 1.89 bits per heavy atom. The molecular formula is C16H26N2O. The molecule has 1 aliphatic heterocycles. The lowest BCUT2D eigenvalue weighted by Gasteiger charge is -2.35. The van der Waals surface area contributed by atoms with Crippen molar-refractivity contribution in [2.45, 2.75) is 32.2 Å². The molecule has 0 bridgehead atoms. The summed E-state index contributed by atoms with van der Waals surface area (Å²) in [7, 11) is 0. The summed E-state index contributed by atoms with van der Waals surface area (Å²) in [4.78, 5) is 2.54. The average molecular weight is 262 g/mol. The van der Waals surface area contributed by atoms with Gasteiger partial charge < -0.3 is 10.5 Å². The number of hydrogen-bond donors (Lipinski definition) is 1. The predicted molar refractivity (Wildman–Crippen MR) is 79.2 cm³/mol. The molecule has 19 heavy (non-hydrogen) atoms. The fourth-order valence-corrected chi connectivity index (χ4v) is 2.74. The zero-order chi connectivity index (χ0) is 13.5. The quantitative estimate of drug-likeness (QED) is 0.855. The van der Waals surface area contributed by atoms with Crippen LogP contribution in [0.25, 0.3) is 0 Å². The van der Waals surface area contributed by atoms with Gasteiger partial charge in [-0.15, -0.1) is 0 Å². The van der Waals surface area contributed by atoms with E-state index in [4.69, 9.17) is 10.5 Å². The van der Waals surface area contributed by atoms with Gasteiger partial charge in [-0.2, -0.15) is 0 Å². The van der Waals surface area contributed by atoms with Crippen LogP contribution in [0.4, 0.5) is 0 Å². The van der Waals surface area contributed by atoms with Crippen molar-refractivity contribution in [1.29, 1.82) is 0 Å². The lowest BCUT2D eigenvalue weighted by Crippen LogP contribution is -2.39. The highest BCUT2D eigenvalue weighted by Crippen LogP contribution is 2.26. The molecule has 3 nitrogen and oxygen atoms in total. The van der Waals surface area contributed by atoms with E-state index in [-0.39, 0.29) is 0 Å². The van der Waals surface area contributed by atoms with Gasteiger partial charge in [0.1, 0.15) is 0 Å². The molecule has 1 atom stereocenters. The lowest BCUT2D eigenvalue weighted by atomic mass is 9.98. The summed E-state index contributed by atoms with van der Waals surface area (Å²) in [5.41, 5.74) is 8.52. The number of nitrogens with zero attached hydrogens (tertiary/aromatic N) is 1. The van der Waals surface area contributed by atoms with E-state index in [1.54, 1.807) is 0 Å². The highest BCUT2D eigenvalue weighted by molar-refractivity contribution is 5.25. The summed E-state index contributed by atoms with van der Waals surface area (Å²) in [5, 5.41) is 0. The normalized spacial score (nSPS) is 18.4. The topological polar surface area (TPSA) is 38.5 Å². The van der Waals surface area contributed by atoms with E-state index in [0.717, 1.165) is 52.1 Å². The van der Waals surface area contributed by atoms with E-state index in [9.17, 15) is 0 Å². The second-order valence-corrected chi connectivity index (χ2v) is 5.19. The minimum atomic E-state index is 0.498. The average Bonchev–Trinajstić information content (AvgIpc) is 2.49. The van der Waals surface area contributed by atoms with Crippen LogP contribution in [-0.2, 0) is 11.2 Å². The Morgan fingerprint density at radius 3 is 2.47 bits per heavy atom. The first kappa shape index (κ1) is 14.5. The Balaban J connectivity index is 2.10. The first-order valence-electron chi connectivity index (χ1n) is 7.46. The SMILES string of the molecule is CCc1ccc(C(CCCN)N2CCOCC2)cc1. The molecule has 1 saturated heterocycles. The summed E-state index contributed by atoms with van der Waals surface area (Å²) in [6.45, 7) is 6.74. The van der Waals surface area contributed by atoms with Crippen LogP contribution in [0.15, 0.2) is 24.3 Å². The number of morpholine rings is 1. The van der Waals surface area contributed by atoms with E-state index in [1.165, 1.54) is 11.1 Å². The van der Waals surface area contributed by atoms with Crippen LogP contribution in [0.5, 0.6) is 0 Å². The van der Waals surface area contributed by atoms with Crippen molar-refractivity contribution < 1.29 is 4.74 Å². The first-order valence-corrected chi connectivity index (χ1v) is 7.46. The molecule has 0 spiro atoms. The standard InChI is InChI=1S/C16H26N2O/c1-2-14-5-7-15(8-6-14)16(4-3-9-17)18-10-12-19-13-11-18/h5-8,16H,2-4,9-13,17H2,1H3. The van der Waals surface area contributed by atoms with Gasteiger partial charge in [0.2, 0.25) is 0 Å². The van der Waals surface area contributed by atoms with Crippen molar-refractivity contribution in [2.24, 2.45) is 5.73 Å². The maximum atomic E-state index is 5.69. The van der Waals surface area contributed by atoms with Crippen molar-refractivity contribution in [3.05, 3.63) is 35.4 Å². The Labute approximate surface area is 116 Å². The minimum Gasteiger partial charge on any atom is -0.379 e. The Morgan fingerprint density at radius 1 is 1.21 bits per heavy atom. The van der Waals surface area contributed by atoms with Crippen LogP contribution in [0.3, 0.4) is 0 Å². The molecule has 0 aliphatic carbocycles. The minimum absolute atomic E-state index is 0.498. The van der Waals surface area contributed by atoms with E-state index >= 15 is 0 Å². The Kier molecular flexibility index (Phi) is 5.83. The van der Waals surface area contributed by atoms with E-state index in [2.05, 4.69) is 36.1 Å². The van der Waals surface area contributed by atoms with Crippen LogP contribution >= 0.6 is 0 Å². The maximum absolute atomic E-state index is 5.69. The molecule has 0 aromatic heterocycles. The van der Waals surface area contributed by atoms with Gasteiger partial charge in [0.25, 0.3) is 0 Å². The van der Waals surface area contributed by atoms with Gasteiger partial charge in [0, 0.05) is 19.1 Å². The lowest BCUT2D eigenvalue weighted by molar-refractivity contribution is 0.0139. The predicted octanol–water partition coefficient (Wildman–Crippen LogP) is 2.36. The molecule has 1 fully saturated rings. The van der Waals surface area contributed by atoms with Gasteiger partial charge in [-0.05, 0) is 36.9 Å². The summed E-state index contributed by atoms with van der Waals surface area (Å²) < 4.78 is 5.46. The molecule has 1 aliphatic rings. The zero-order valence-corrected chi connectivity index (χ0v) is 12.0. The van der Waals surface area contributed by atoms with Gasteiger partial charge in [0.05, 0.1) is 13.2 Å². The van der Waals surface area contributed by atoms with Gasteiger partial charge in [-0.1, -0.05) is 31.2 Å². The zero-order valence-electron chi connectivity index (χ0n) is 12.0. The molecule has 1 unspecified atom stereocenters. The maximum Gasteiger partial charge on any atom is 0.0594 e. The fourth-order valence-electron chi connectivity index (χ4n) is 2.74. The van der Waals surface area contributed by atoms with Gasteiger partial charge in [-0.3, -0.25) is 4.90 Å². The van der Waals surface area contributed by atoms with Crippen LogP contribution in [-0.4, -0.2) is 37.7 Å². The third-order valence-corrected chi connectivity index (χ3v) is 3.94. The summed E-state index contributed by atoms with van der Waals surface area (Å²) >= 11 is 0. The first-order chi connectivity index (χ1) is 9.35. The molecule has 2 rings (SSSR count). The van der Waals surface area contributed by atoms with Gasteiger partial charge in [-0.25, -0.2) is 0 Å². The third-order valence-electron chi connectivity index (χ3n) is 3.94. The number of hydrogen-bond acceptors (Lipinski definition) is 3. The van der Waals surface area contributed by atoms with E-state index in [1.807, 2.05) is 0 Å². The second-order valence-electron chi connectivity index (χ2n) is 5.19. The van der Waals surface area contributed by atoms with Crippen LogP contribution in [0.2, 0.25) is 0 Å². The molecule has 1 heterocycles. The number of benzene rings is 1. The van der Waals surface area contributed by atoms with Crippen molar-refractivity contribution >= 4 is 0 Å². The van der Waals surface area contributed by atoms with Crippen LogP contribution < -0.4 is 5.73 Å². The van der Waals surface area contributed by atoms with Crippen molar-refractivity contribution in [3.63, 3.8) is 0 Å². The number of rotatable bonds is 6. The Hall–Kier alpha value is -0.900. The number of aryl methyl sites for hydroxylation is 1. The van der Waals surface area contributed by atoms with Crippen molar-refractivity contribution in [2.75, 3.05) is 32.8 Å². The number of ether oxygens (including phenoxy) is 1. The largest absolute Gasteiger partial charge is 0.379 e. The summed E-state index contributed by atoms with van der Waals surface area (Å²) in [6.07, 6.45) is 3.32. The fraction of sp³-hybridized carbons (Fsp3) is 0.625. The molecular weight excluding hydrogens is 236 g/mol. The molecule has 2 N–H and O–H groups in total. The monoisotopic (exact) mass is 262 g/mol. The summed E-state index contributed by atoms with van der Waals surface area (Å²) in [5.74, 6) is 0. The second kappa shape index (κ2) is 7.63. The molecule has 0 radical (unpaired) electrons. The highest BCUT2D eigenvalue weighted by Gasteiger charge is 2.21. The third kappa shape index (κ3) is 4.03. The highest BCUT2D eigenvalue weighted by atomic mass is 16.5. The molecule has 1 aromatic carbocycles. The van der Waals surface area contributed by atoms with E-state index < -0.39 is 0 Å². The van der Waals surface area contributed by atoms with Crippen LogP contribution in [0.1, 0.15) is 36.9 Å². The molecule has 3 heteroatoms. The molecule has 1 aromatic rings. The van der Waals surface area contributed by atoms with Crippen molar-refractivity contribution in [1.82, 2.24) is 4.90 Å². The smallest absolute Gasteiger partial charge is 0.0594 e. The molecule has 0 amide bonds. The van der Waals surface area contributed by atoms with Crippen LogP contribution in [0, 0.1) is 0 Å².